The fraction of sp³-hybridized carbons (Fsp3) is 0.0435. The van der Waals surface area contributed by atoms with Gasteiger partial charge in [-0.25, -0.2) is 0 Å². The molecule has 8 N–H and O–H groups in total. The molecule has 0 aliphatic heterocycles. The molecular weight excluding hydrogens is 408 g/mol. The molecule has 0 unspecified atom stereocenters. The van der Waals surface area contributed by atoms with Gasteiger partial charge in [-0.3, -0.25) is 9.59 Å². The first-order valence-corrected chi connectivity index (χ1v) is 9.52. The van der Waals surface area contributed by atoms with Crippen LogP contribution in [-0.2, 0) is 6.61 Å². The molecule has 0 bridgehead atoms. The number of benzene rings is 3. The number of rotatable bonds is 6. The molecule has 0 heterocycles. The zero-order valence-corrected chi connectivity index (χ0v) is 17.1. The summed E-state index contributed by atoms with van der Waals surface area (Å²) in [5, 5.41) is 0. The normalized spacial score (nSPS) is 10.1. The van der Waals surface area contributed by atoms with Crippen LogP contribution in [0.1, 0.15) is 26.3 Å². The topological polar surface area (TPSA) is 172 Å². The number of guanidine groups is 2. The molecule has 0 aliphatic rings. The second kappa shape index (κ2) is 9.90. The Kier molecular flexibility index (Phi) is 6.81. The van der Waals surface area contributed by atoms with Gasteiger partial charge in [0.15, 0.2) is 11.9 Å². The molecule has 0 saturated carbocycles. The Bertz CT molecular complexity index is 1190. The van der Waals surface area contributed by atoms with E-state index in [9.17, 15) is 9.59 Å². The fourth-order valence-corrected chi connectivity index (χ4v) is 2.90. The molecule has 162 valence electrons. The molecule has 3 aromatic carbocycles. The minimum absolute atomic E-state index is 0.280. The number of ether oxygens (including phenoxy) is 1. The second-order valence-electron chi connectivity index (χ2n) is 6.78. The highest BCUT2D eigenvalue weighted by Gasteiger charge is 2.08. The Hall–Kier alpha value is -4.66. The molecule has 0 atom stereocenters. The number of amides is 2. The van der Waals surface area contributed by atoms with E-state index < -0.39 is 11.8 Å². The van der Waals surface area contributed by atoms with Gasteiger partial charge >= 0.3 is 0 Å². The number of hydrogen-bond acceptors (Lipinski definition) is 3. The van der Waals surface area contributed by atoms with E-state index in [0.29, 0.717) is 16.9 Å². The van der Waals surface area contributed by atoms with Crippen molar-refractivity contribution >= 4 is 23.7 Å². The van der Waals surface area contributed by atoms with Crippen molar-refractivity contribution in [3.8, 4) is 16.9 Å². The van der Waals surface area contributed by atoms with Crippen molar-refractivity contribution < 1.29 is 14.3 Å². The summed E-state index contributed by atoms with van der Waals surface area (Å²) in [6.07, 6.45) is 0. The number of aliphatic imine (C=N–C) groups is 2. The van der Waals surface area contributed by atoms with Gasteiger partial charge < -0.3 is 27.7 Å². The van der Waals surface area contributed by atoms with E-state index in [1.54, 1.807) is 36.4 Å². The van der Waals surface area contributed by atoms with Crippen LogP contribution in [0, 0.1) is 0 Å². The van der Waals surface area contributed by atoms with E-state index in [1.807, 2.05) is 36.4 Å². The maximum atomic E-state index is 12.0. The summed E-state index contributed by atoms with van der Waals surface area (Å²) in [4.78, 5) is 30.9. The van der Waals surface area contributed by atoms with Gasteiger partial charge in [0.1, 0.15) is 12.4 Å². The van der Waals surface area contributed by atoms with Crippen LogP contribution in [0.15, 0.2) is 82.8 Å². The Morgan fingerprint density at radius 3 is 1.97 bits per heavy atom. The van der Waals surface area contributed by atoms with Gasteiger partial charge in [0.05, 0.1) is 0 Å². The smallest absolute Gasteiger partial charge is 0.280 e. The molecule has 0 spiro atoms. The number of hydrogen-bond donors (Lipinski definition) is 4. The summed E-state index contributed by atoms with van der Waals surface area (Å²) >= 11 is 0. The third kappa shape index (κ3) is 5.92. The SMILES string of the molecule is NC(N)=NC(=O)c1ccc(-c2cccc(COc3cccc(C(=O)N=C(N)N)c3)c2)cc1. The van der Waals surface area contributed by atoms with Crippen LogP contribution < -0.4 is 27.7 Å². The predicted octanol–water partition coefficient (Wildman–Crippen LogP) is 1.76. The van der Waals surface area contributed by atoms with Crippen molar-refractivity contribution in [3.05, 3.63) is 89.5 Å². The lowest BCUT2D eigenvalue weighted by atomic mass is 10.0. The number of carbonyl (C=O) groups is 2. The zero-order valence-electron chi connectivity index (χ0n) is 17.1. The molecule has 3 aromatic rings. The highest BCUT2D eigenvalue weighted by atomic mass is 16.5. The minimum atomic E-state index is -0.542. The largest absolute Gasteiger partial charge is 0.489 e. The minimum Gasteiger partial charge on any atom is -0.489 e. The predicted molar refractivity (Wildman–Crippen MR) is 123 cm³/mol. The van der Waals surface area contributed by atoms with Crippen LogP contribution in [0.2, 0.25) is 0 Å². The van der Waals surface area contributed by atoms with Crippen LogP contribution in [0.5, 0.6) is 5.75 Å². The number of nitrogens with zero attached hydrogens (tertiary/aromatic N) is 2. The molecule has 3 rings (SSSR count). The maximum absolute atomic E-state index is 12.0. The van der Waals surface area contributed by atoms with E-state index in [0.717, 1.165) is 16.7 Å². The standard InChI is InChI=1S/C23H22N6O3/c24-22(25)28-20(30)16-9-7-15(8-10-16)17-4-1-3-14(11-17)13-32-19-6-2-5-18(12-19)21(31)29-23(26)27/h1-12H,13H2,(H4,24,25,28,30)(H4,26,27,29,31). The Morgan fingerprint density at radius 1 is 0.688 bits per heavy atom. The van der Waals surface area contributed by atoms with Crippen LogP contribution in [0.3, 0.4) is 0 Å². The van der Waals surface area contributed by atoms with Gasteiger partial charge in [-0.15, -0.1) is 0 Å². The molecule has 2 amide bonds. The first-order valence-electron chi connectivity index (χ1n) is 9.52. The summed E-state index contributed by atoms with van der Waals surface area (Å²) in [7, 11) is 0. The summed E-state index contributed by atoms with van der Waals surface area (Å²) in [6.45, 7) is 0.287. The quantitative estimate of drug-likeness (QED) is 0.340. The van der Waals surface area contributed by atoms with Crippen molar-refractivity contribution in [2.45, 2.75) is 6.61 Å². The first kappa shape index (κ1) is 22.0. The molecular formula is C23H22N6O3. The van der Waals surface area contributed by atoms with Crippen molar-refractivity contribution in [1.82, 2.24) is 0 Å². The summed E-state index contributed by atoms with van der Waals surface area (Å²) in [6, 6.07) is 21.3. The molecule has 9 nitrogen and oxygen atoms in total. The summed E-state index contributed by atoms with van der Waals surface area (Å²) < 4.78 is 5.82. The number of carbonyl (C=O) groups excluding carboxylic acids is 2. The van der Waals surface area contributed by atoms with Gasteiger partial charge in [-0.05, 0) is 53.1 Å². The molecule has 32 heavy (non-hydrogen) atoms. The fourth-order valence-electron chi connectivity index (χ4n) is 2.90. The van der Waals surface area contributed by atoms with E-state index in [1.165, 1.54) is 0 Å². The van der Waals surface area contributed by atoms with Crippen molar-refractivity contribution in [2.75, 3.05) is 0 Å². The highest BCUT2D eigenvalue weighted by Crippen LogP contribution is 2.23. The van der Waals surface area contributed by atoms with Gasteiger partial charge in [0.2, 0.25) is 0 Å². The van der Waals surface area contributed by atoms with Crippen LogP contribution in [-0.4, -0.2) is 23.7 Å². The molecule has 0 saturated heterocycles. The summed E-state index contributed by atoms with van der Waals surface area (Å²) in [5.74, 6) is -1.11. The third-order valence-electron chi connectivity index (χ3n) is 4.34. The van der Waals surface area contributed by atoms with Gasteiger partial charge in [-0.2, -0.15) is 9.98 Å². The van der Waals surface area contributed by atoms with Crippen LogP contribution in [0.25, 0.3) is 11.1 Å². The van der Waals surface area contributed by atoms with E-state index in [2.05, 4.69) is 9.98 Å². The first-order chi connectivity index (χ1) is 15.3. The highest BCUT2D eigenvalue weighted by molar-refractivity contribution is 6.02. The number of nitrogens with two attached hydrogens (primary N) is 4. The van der Waals surface area contributed by atoms with E-state index in [4.69, 9.17) is 27.7 Å². The lowest BCUT2D eigenvalue weighted by Gasteiger charge is -2.09. The average Bonchev–Trinajstić information content (AvgIpc) is 2.77. The Labute approximate surface area is 184 Å². The summed E-state index contributed by atoms with van der Waals surface area (Å²) in [5.41, 5.74) is 24.5. The third-order valence-corrected chi connectivity index (χ3v) is 4.34. The maximum Gasteiger partial charge on any atom is 0.280 e. The molecule has 9 heteroatoms. The second-order valence-corrected chi connectivity index (χ2v) is 6.78. The Morgan fingerprint density at radius 2 is 1.31 bits per heavy atom. The molecule has 0 aliphatic carbocycles. The molecule has 0 aromatic heterocycles. The van der Waals surface area contributed by atoms with Crippen molar-refractivity contribution in [2.24, 2.45) is 32.9 Å². The lowest BCUT2D eigenvalue weighted by molar-refractivity contribution is 0.0994. The van der Waals surface area contributed by atoms with E-state index in [-0.39, 0.29) is 18.5 Å². The van der Waals surface area contributed by atoms with Crippen molar-refractivity contribution in [3.63, 3.8) is 0 Å². The Balaban J connectivity index is 1.71. The van der Waals surface area contributed by atoms with Crippen molar-refractivity contribution in [1.29, 1.82) is 0 Å². The van der Waals surface area contributed by atoms with Gasteiger partial charge in [-0.1, -0.05) is 36.4 Å². The van der Waals surface area contributed by atoms with Gasteiger partial charge in [0, 0.05) is 11.1 Å². The molecule has 0 fully saturated rings. The van der Waals surface area contributed by atoms with Gasteiger partial charge in [0.25, 0.3) is 11.8 Å². The monoisotopic (exact) mass is 430 g/mol. The van der Waals surface area contributed by atoms with Crippen LogP contribution >= 0.6 is 0 Å². The van der Waals surface area contributed by atoms with Crippen LogP contribution in [0.4, 0.5) is 0 Å². The zero-order chi connectivity index (χ0) is 23.1. The average molecular weight is 430 g/mol. The molecule has 0 radical (unpaired) electrons. The lowest BCUT2D eigenvalue weighted by Crippen LogP contribution is -2.24. The van der Waals surface area contributed by atoms with E-state index >= 15 is 0 Å².